The first-order chi connectivity index (χ1) is 12.2. The number of hydrogen-bond acceptors (Lipinski definition) is 6. The fraction of sp³-hybridized carbons (Fsp3) is 0.529. The molecule has 1 aliphatic rings. The lowest BCUT2D eigenvalue weighted by Gasteiger charge is -2.47. The molecule has 0 spiro atoms. The molecular weight excluding hydrogens is 318 g/mol. The number of carbonyl (C=O) groups excluding carboxylic acids is 1. The Hall–Kier alpha value is -2.48. The van der Waals surface area contributed by atoms with Gasteiger partial charge in [0.05, 0.1) is 0 Å². The van der Waals surface area contributed by atoms with E-state index >= 15 is 0 Å². The van der Waals surface area contributed by atoms with Crippen molar-refractivity contribution in [1.29, 1.82) is 0 Å². The van der Waals surface area contributed by atoms with Gasteiger partial charge in [-0.1, -0.05) is 13.3 Å². The molecule has 8 heteroatoms. The number of carbonyl (C=O) groups is 1. The third-order valence-electron chi connectivity index (χ3n) is 4.50. The van der Waals surface area contributed by atoms with Gasteiger partial charge in [-0.15, -0.1) is 0 Å². The van der Waals surface area contributed by atoms with Gasteiger partial charge in [0.15, 0.2) is 5.79 Å². The summed E-state index contributed by atoms with van der Waals surface area (Å²) in [5.74, 6) is 0.0629. The van der Waals surface area contributed by atoms with Gasteiger partial charge in [-0.05, 0) is 12.1 Å². The normalized spacial score (nSPS) is 17.9. The number of anilines is 1. The molecular formula is C17H25N7O. The highest BCUT2D eigenvalue weighted by Gasteiger charge is 2.41. The zero-order valence-electron chi connectivity index (χ0n) is 14.8. The number of hydrogen-bond donors (Lipinski definition) is 1. The van der Waals surface area contributed by atoms with Crippen molar-refractivity contribution in [2.24, 2.45) is 0 Å². The Balaban J connectivity index is 1.81. The van der Waals surface area contributed by atoms with Crippen LogP contribution in [-0.2, 0) is 10.6 Å². The van der Waals surface area contributed by atoms with Crippen LogP contribution in [0.1, 0.15) is 26.7 Å². The summed E-state index contributed by atoms with van der Waals surface area (Å²) in [5, 5.41) is 7.59. The fourth-order valence-electron chi connectivity index (χ4n) is 3.47. The van der Waals surface area contributed by atoms with E-state index in [1.165, 1.54) is 0 Å². The van der Waals surface area contributed by atoms with Crippen LogP contribution in [0.2, 0.25) is 0 Å². The van der Waals surface area contributed by atoms with Crippen molar-refractivity contribution in [1.82, 2.24) is 30.0 Å². The summed E-state index contributed by atoms with van der Waals surface area (Å²) in [5.41, 5.74) is 0. The Labute approximate surface area is 147 Å². The van der Waals surface area contributed by atoms with Gasteiger partial charge in [-0.25, -0.2) is 14.6 Å². The number of nitrogens with zero attached hydrogens (tertiary/aromatic N) is 6. The molecule has 8 nitrogen and oxygen atoms in total. The van der Waals surface area contributed by atoms with Crippen molar-refractivity contribution in [3.05, 3.63) is 36.9 Å². The highest BCUT2D eigenvalue weighted by atomic mass is 16.1. The summed E-state index contributed by atoms with van der Waals surface area (Å²) in [7, 11) is 0. The lowest BCUT2D eigenvalue weighted by molar-refractivity contribution is -0.130. The average molecular weight is 343 g/mol. The van der Waals surface area contributed by atoms with E-state index in [1.54, 1.807) is 25.5 Å². The van der Waals surface area contributed by atoms with E-state index in [2.05, 4.69) is 37.1 Å². The Morgan fingerprint density at radius 1 is 1.16 bits per heavy atom. The maximum atomic E-state index is 11.9. The summed E-state index contributed by atoms with van der Waals surface area (Å²) in [6.07, 6.45) is 8.91. The molecule has 3 heterocycles. The number of nitrogens with one attached hydrogen (secondary N) is 1. The quantitative estimate of drug-likeness (QED) is 0.844. The van der Waals surface area contributed by atoms with Gasteiger partial charge in [0, 0.05) is 64.3 Å². The first-order valence-corrected chi connectivity index (χ1v) is 8.71. The van der Waals surface area contributed by atoms with E-state index in [4.69, 9.17) is 0 Å². The predicted molar refractivity (Wildman–Crippen MR) is 94.7 cm³/mol. The van der Waals surface area contributed by atoms with Crippen LogP contribution in [0.15, 0.2) is 36.9 Å². The largest absolute Gasteiger partial charge is 0.338 e. The van der Waals surface area contributed by atoms with Gasteiger partial charge >= 0.3 is 0 Å². The Morgan fingerprint density at radius 2 is 1.88 bits per heavy atom. The summed E-state index contributed by atoms with van der Waals surface area (Å²) in [4.78, 5) is 25.1. The number of aromatic nitrogens is 4. The number of rotatable bonds is 6. The SMILES string of the molecule is CCCC(NC(C)=O)(N1CCN(c2ncccn2)CC1)n1cccn1. The minimum absolute atomic E-state index is 0.0576. The molecule has 25 heavy (non-hydrogen) atoms. The first kappa shape index (κ1) is 17.3. The zero-order chi connectivity index (χ0) is 17.7. The Kier molecular flexibility index (Phi) is 5.28. The predicted octanol–water partition coefficient (Wildman–Crippen LogP) is 1.04. The maximum absolute atomic E-state index is 11.9. The molecule has 1 atom stereocenters. The fourth-order valence-corrected chi connectivity index (χ4v) is 3.47. The topological polar surface area (TPSA) is 79.2 Å². The molecule has 0 aliphatic carbocycles. The number of piperazine rings is 1. The van der Waals surface area contributed by atoms with Crippen molar-refractivity contribution < 1.29 is 4.79 Å². The third-order valence-corrected chi connectivity index (χ3v) is 4.50. The first-order valence-electron chi connectivity index (χ1n) is 8.71. The third kappa shape index (κ3) is 3.63. The second kappa shape index (κ2) is 7.60. The molecule has 0 aromatic carbocycles. The molecule has 2 aromatic rings. The van der Waals surface area contributed by atoms with Crippen molar-refractivity contribution in [2.75, 3.05) is 31.1 Å². The lowest BCUT2D eigenvalue weighted by Crippen LogP contribution is -2.65. The Morgan fingerprint density at radius 3 is 2.44 bits per heavy atom. The van der Waals surface area contributed by atoms with E-state index in [0.29, 0.717) is 0 Å². The monoisotopic (exact) mass is 343 g/mol. The van der Waals surface area contributed by atoms with Crippen LogP contribution in [-0.4, -0.2) is 56.7 Å². The summed E-state index contributed by atoms with van der Waals surface area (Å²) in [6.45, 7) is 6.86. The number of amides is 1. The average Bonchev–Trinajstić information content (AvgIpc) is 3.17. The maximum Gasteiger partial charge on any atom is 0.225 e. The van der Waals surface area contributed by atoms with Crippen molar-refractivity contribution in [3.63, 3.8) is 0 Å². The molecule has 2 aromatic heterocycles. The van der Waals surface area contributed by atoms with Gasteiger partial charge in [0.1, 0.15) is 0 Å². The van der Waals surface area contributed by atoms with E-state index < -0.39 is 5.79 Å². The molecule has 134 valence electrons. The minimum Gasteiger partial charge on any atom is -0.338 e. The molecule has 0 radical (unpaired) electrons. The molecule has 1 N–H and O–H groups in total. The van der Waals surface area contributed by atoms with Crippen LogP contribution in [0.4, 0.5) is 5.95 Å². The van der Waals surface area contributed by atoms with Gasteiger partial charge < -0.3 is 10.2 Å². The summed E-state index contributed by atoms with van der Waals surface area (Å²) in [6, 6.07) is 3.71. The van der Waals surface area contributed by atoms with Crippen LogP contribution in [0.5, 0.6) is 0 Å². The van der Waals surface area contributed by atoms with Crippen LogP contribution >= 0.6 is 0 Å². The van der Waals surface area contributed by atoms with E-state index in [1.807, 2.05) is 23.0 Å². The van der Waals surface area contributed by atoms with Crippen molar-refractivity contribution in [2.45, 2.75) is 32.5 Å². The summed E-state index contributed by atoms with van der Waals surface area (Å²) >= 11 is 0. The van der Waals surface area contributed by atoms with Crippen molar-refractivity contribution >= 4 is 11.9 Å². The van der Waals surface area contributed by atoms with Gasteiger partial charge in [-0.2, -0.15) is 5.10 Å². The lowest BCUT2D eigenvalue weighted by atomic mass is 10.1. The molecule has 1 fully saturated rings. The smallest absolute Gasteiger partial charge is 0.225 e. The molecule has 1 unspecified atom stereocenters. The van der Waals surface area contributed by atoms with Crippen LogP contribution in [0, 0.1) is 0 Å². The standard InChI is InChI=1S/C17H25N7O/c1-3-6-17(21-15(2)25,24-10-5-9-20-24)23-13-11-22(12-14-23)16-18-7-4-8-19-16/h4-5,7-10H,3,6,11-14H2,1-2H3,(H,21,25). The zero-order valence-corrected chi connectivity index (χ0v) is 14.8. The second-order valence-electron chi connectivity index (χ2n) is 6.22. The second-order valence-corrected chi connectivity index (χ2v) is 6.22. The van der Waals surface area contributed by atoms with E-state index in [9.17, 15) is 4.79 Å². The summed E-state index contributed by atoms with van der Waals surface area (Å²) < 4.78 is 1.87. The molecule has 3 rings (SSSR count). The minimum atomic E-state index is -0.631. The molecule has 0 saturated carbocycles. The van der Waals surface area contributed by atoms with Gasteiger partial charge in [0.25, 0.3) is 0 Å². The van der Waals surface area contributed by atoms with Crippen LogP contribution < -0.4 is 10.2 Å². The van der Waals surface area contributed by atoms with Crippen molar-refractivity contribution in [3.8, 4) is 0 Å². The Bertz CT molecular complexity index is 668. The van der Waals surface area contributed by atoms with Crippen LogP contribution in [0.25, 0.3) is 0 Å². The molecule has 0 bridgehead atoms. The highest BCUT2D eigenvalue weighted by molar-refractivity contribution is 5.73. The van der Waals surface area contributed by atoms with E-state index in [-0.39, 0.29) is 5.91 Å². The van der Waals surface area contributed by atoms with E-state index in [0.717, 1.165) is 45.0 Å². The van der Waals surface area contributed by atoms with Gasteiger partial charge in [-0.3, -0.25) is 9.69 Å². The van der Waals surface area contributed by atoms with Gasteiger partial charge in [0.2, 0.25) is 11.9 Å². The molecule has 1 amide bonds. The molecule has 1 aliphatic heterocycles. The highest BCUT2D eigenvalue weighted by Crippen LogP contribution is 2.26. The van der Waals surface area contributed by atoms with Crippen LogP contribution in [0.3, 0.4) is 0 Å². The molecule has 1 saturated heterocycles.